The molecule has 0 aromatic heterocycles. The summed E-state index contributed by atoms with van der Waals surface area (Å²) < 4.78 is 4.82. The standard InChI is InChI=1S/C6H14N2O/c1-6(7)8(2)4-5-9-3/h7H,4-5H2,1-3H3. The van der Waals surface area contributed by atoms with E-state index in [4.69, 9.17) is 10.1 Å². The Balaban J connectivity index is 3.27. The maximum atomic E-state index is 7.15. The number of hydrogen-bond acceptors (Lipinski definition) is 2. The minimum absolute atomic E-state index is 0.576. The fourth-order valence-corrected chi connectivity index (χ4v) is 0.396. The van der Waals surface area contributed by atoms with E-state index in [0.717, 1.165) is 6.54 Å². The average Bonchev–Trinajstić information content (AvgIpc) is 1.82. The minimum atomic E-state index is 0.576. The summed E-state index contributed by atoms with van der Waals surface area (Å²) in [5.74, 6) is 0.576. The maximum Gasteiger partial charge on any atom is 0.0924 e. The molecule has 0 aromatic rings. The number of ether oxygens (including phenoxy) is 1. The van der Waals surface area contributed by atoms with Crippen molar-refractivity contribution in [3.63, 3.8) is 0 Å². The van der Waals surface area contributed by atoms with Gasteiger partial charge in [-0.15, -0.1) is 0 Å². The zero-order valence-electron chi connectivity index (χ0n) is 6.27. The van der Waals surface area contributed by atoms with Crippen LogP contribution in [0.1, 0.15) is 6.92 Å². The van der Waals surface area contributed by atoms with Gasteiger partial charge in [0.05, 0.1) is 12.4 Å². The van der Waals surface area contributed by atoms with Crippen molar-refractivity contribution in [1.29, 1.82) is 5.41 Å². The van der Waals surface area contributed by atoms with Gasteiger partial charge in [0.1, 0.15) is 0 Å². The van der Waals surface area contributed by atoms with E-state index >= 15 is 0 Å². The summed E-state index contributed by atoms with van der Waals surface area (Å²) in [5, 5.41) is 7.15. The Labute approximate surface area is 56.1 Å². The molecule has 0 heterocycles. The predicted molar refractivity (Wildman–Crippen MR) is 37.9 cm³/mol. The molecular weight excluding hydrogens is 116 g/mol. The fraction of sp³-hybridized carbons (Fsp3) is 0.833. The van der Waals surface area contributed by atoms with Crippen molar-refractivity contribution in [2.24, 2.45) is 0 Å². The van der Waals surface area contributed by atoms with Gasteiger partial charge < -0.3 is 9.64 Å². The molecule has 0 spiro atoms. The highest BCUT2D eigenvalue weighted by Crippen LogP contribution is 1.82. The van der Waals surface area contributed by atoms with Gasteiger partial charge in [-0.1, -0.05) is 0 Å². The van der Waals surface area contributed by atoms with Crippen molar-refractivity contribution in [2.75, 3.05) is 27.3 Å². The van der Waals surface area contributed by atoms with E-state index in [2.05, 4.69) is 0 Å². The van der Waals surface area contributed by atoms with Crippen LogP contribution in [0.15, 0.2) is 0 Å². The Morgan fingerprint density at radius 3 is 2.56 bits per heavy atom. The topological polar surface area (TPSA) is 36.3 Å². The highest BCUT2D eigenvalue weighted by Gasteiger charge is 1.94. The van der Waals surface area contributed by atoms with Crippen molar-refractivity contribution >= 4 is 5.84 Å². The first kappa shape index (κ1) is 8.43. The molecular formula is C6H14N2O. The minimum Gasteiger partial charge on any atom is -0.383 e. The quantitative estimate of drug-likeness (QED) is 0.447. The molecule has 0 amide bonds. The van der Waals surface area contributed by atoms with Crippen LogP contribution in [-0.2, 0) is 4.74 Å². The molecule has 0 atom stereocenters. The highest BCUT2D eigenvalue weighted by molar-refractivity contribution is 5.75. The van der Waals surface area contributed by atoms with Crippen LogP contribution in [0, 0.1) is 5.41 Å². The van der Waals surface area contributed by atoms with Gasteiger partial charge in [-0.25, -0.2) is 0 Å². The third kappa shape index (κ3) is 3.97. The van der Waals surface area contributed by atoms with Crippen molar-refractivity contribution in [1.82, 2.24) is 4.90 Å². The van der Waals surface area contributed by atoms with Crippen LogP contribution in [0.2, 0.25) is 0 Å². The molecule has 0 aliphatic rings. The molecule has 54 valence electrons. The molecule has 0 unspecified atom stereocenters. The number of likely N-dealkylation sites (N-methyl/N-ethyl adjacent to an activating group) is 1. The van der Waals surface area contributed by atoms with Gasteiger partial charge in [0.25, 0.3) is 0 Å². The monoisotopic (exact) mass is 130 g/mol. The van der Waals surface area contributed by atoms with Gasteiger partial charge in [0.2, 0.25) is 0 Å². The summed E-state index contributed by atoms with van der Waals surface area (Å²) in [4.78, 5) is 1.84. The molecule has 1 N–H and O–H groups in total. The zero-order valence-corrected chi connectivity index (χ0v) is 6.27. The molecule has 0 fully saturated rings. The highest BCUT2D eigenvalue weighted by atomic mass is 16.5. The molecule has 0 aliphatic carbocycles. The first-order chi connectivity index (χ1) is 4.18. The summed E-state index contributed by atoms with van der Waals surface area (Å²) in [5.41, 5.74) is 0. The number of hydrogen-bond donors (Lipinski definition) is 1. The molecule has 0 radical (unpaired) electrons. The third-order valence-corrected chi connectivity index (χ3v) is 1.20. The number of nitrogens with one attached hydrogen (secondary N) is 1. The molecule has 0 rings (SSSR count). The summed E-state index contributed by atoms with van der Waals surface area (Å²) in [7, 11) is 3.54. The van der Waals surface area contributed by atoms with E-state index in [-0.39, 0.29) is 0 Å². The van der Waals surface area contributed by atoms with E-state index in [1.54, 1.807) is 14.0 Å². The van der Waals surface area contributed by atoms with Gasteiger partial charge >= 0.3 is 0 Å². The van der Waals surface area contributed by atoms with Crippen LogP contribution < -0.4 is 0 Å². The van der Waals surface area contributed by atoms with Crippen LogP contribution >= 0.6 is 0 Å². The van der Waals surface area contributed by atoms with E-state index < -0.39 is 0 Å². The van der Waals surface area contributed by atoms with Gasteiger partial charge in [0, 0.05) is 20.7 Å². The number of methoxy groups -OCH3 is 1. The smallest absolute Gasteiger partial charge is 0.0924 e. The van der Waals surface area contributed by atoms with Crippen LogP contribution in [0.3, 0.4) is 0 Å². The molecule has 0 bridgehead atoms. The van der Waals surface area contributed by atoms with Crippen LogP contribution in [0.5, 0.6) is 0 Å². The fourth-order valence-electron chi connectivity index (χ4n) is 0.396. The van der Waals surface area contributed by atoms with E-state index in [0.29, 0.717) is 12.4 Å². The Morgan fingerprint density at radius 1 is 1.67 bits per heavy atom. The van der Waals surface area contributed by atoms with E-state index in [9.17, 15) is 0 Å². The summed E-state index contributed by atoms with van der Waals surface area (Å²) >= 11 is 0. The van der Waals surface area contributed by atoms with Crippen LogP contribution in [-0.4, -0.2) is 38.0 Å². The van der Waals surface area contributed by atoms with Crippen molar-refractivity contribution in [2.45, 2.75) is 6.92 Å². The summed E-state index contributed by atoms with van der Waals surface area (Å²) in [6.45, 7) is 3.24. The lowest BCUT2D eigenvalue weighted by Gasteiger charge is -2.15. The second-order valence-electron chi connectivity index (χ2n) is 2.00. The maximum absolute atomic E-state index is 7.15. The predicted octanol–water partition coefficient (Wildman–Crippen LogP) is 0.562. The summed E-state index contributed by atoms with van der Waals surface area (Å²) in [6.07, 6.45) is 0. The average molecular weight is 130 g/mol. The SMILES string of the molecule is COCCN(C)C(C)=N. The number of nitrogens with zero attached hydrogens (tertiary/aromatic N) is 1. The van der Waals surface area contributed by atoms with Crippen molar-refractivity contribution in [3.05, 3.63) is 0 Å². The second kappa shape index (κ2) is 4.32. The molecule has 0 aromatic carbocycles. The first-order valence-corrected chi connectivity index (χ1v) is 2.93. The lowest BCUT2D eigenvalue weighted by molar-refractivity contribution is 0.182. The lowest BCUT2D eigenvalue weighted by Crippen LogP contribution is -2.26. The Kier molecular flexibility index (Phi) is 4.05. The molecule has 0 saturated heterocycles. The lowest BCUT2D eigenvalue weighted by atomic mass is 10.5. The first-order valence-electron chi connectivity index (χ1n) is 2.93. The van der Waals surface area contributed by atoms with Gasteiger partial charge in [-0.05, 0) is 6.92 Å². The molecule has 0 aliphatic heterocycles. The van der Waals surface area contributed by atoms with E-state index in [1.807, 2.05) is 11.9 Å². The Bertz CT molecular complexity index is 93.1. The van der Waals surface area contributed by atoms with Gasteiger partial charge in [0.15, 0.2) is 0 Å². The third-order valence-electron chi connectivity index (χ3n) is 1.20. The summed E-state index contributed by atoms with van der Waals surface area (Å²) in [6, 6.07) is 0. The zero-order chi connectivity index (χ0) is 7.28. The van der Waals surface area contributed by atoms with Gasteiger partial charge in [-0.3, -0.25) is 5.41 Å². The molecule has 0 saturated carbocycles. The van der Waals surface area contributed by atoms with Crippen molar-refractivity contribution in [3.8, 4) is 0 Å². The van der Waals surface area contributed by atoms with Crippen molar-refractivity contribution < 1.29 is 4.74 Å². The second-order valence-corrected chi connectivity index (χ2v) is 2.00. The van der Waals surface area contributed by atoms with Crippen LogP contribution in [0.25, 0.3) is 0 Å². The molecule has 9 heavy (non-hydrogen) atoms. The van der Waals surface area contributed by atoms with Crippen LogP contribution in [0.4, 0.5) is 0 Å². The Morgan fingerprint density at radius 2 is 2.22 bits per heavy atom. The van der Waals surface area contributed by atoms with E-state index in [1.165, 1.54) is 0 Å². The molecule has 3 nitrogen and oxygen atoms in total. The Hall–Kier alpha value is -0.570. The largest absolute Gasteiger partial charge is 0.383 e. The normalized spacial score (nSPS) is 9.22. The molecule has 3 heteroatoms. The number of amidine groups is 1. The number of rotatable bonds is 3. The van der Waals surface area contributed by atoms with Gasteiger partial charge in [-0.2, -0.15) is 0 Å².